The van der Waals surface area contributed by atoms with E-state index in [0.29, 0.717) is 5.92 Å². The van der Waals surface area contributed by atoms with Crippen molar-refractivity contribution >= 4 is 30.7 Å². The molecule has 0 aromatic rings. The van der Waals surface area contributed by atoms with E-state index < -0.39 is 0 Å². The number of amides is 1. The number of carbonyl (C=O) groups excluding carboxylic acids is 1. The Morgan fingerprint density at radius 1 is 1.26 bits per heavy atom. The molecular weight excluding hydrogens is 337 g/mol. The van der Waals surface area contributed by atoms with Crippen molar-refractivity contribution in [2.45, 2.75) is 51.2 Å². The van der Waals surface area contributed by atoms with Gasteiger partial charge in [0.25, 0.3) is 0 Å². The Morgan fingerprint density at radius 3 is 2.43 bits per heavy atom. The van der Waals surface area contributed by atoms with Gasteiger partial charge >= 0.3 is 0 Å². The van der Waals surface area contributed by atoms with E-state index in [-0.39, 0.29) is 42.9 Å². The highest BCUT2D eigenvalue weighted by molar-refractivity contribution is 5.85. The van der Waals surface area contributed by atoms with Gasteiger partial charge in [-0.1, -0.05) is 6.42 Å². The van der Waals surface area contributed by atoms with E-state index in [1.54, 1.807) is 0 Å². The van der Waals surface area contributed by atoms with E-state index in [4.69, 9.17) is 0 Å². The fraction of sp³-hybridized carbons (Fsp3) is 0.938. The summed E-state index contributed by atoms with van der Waals surface area (Å²) >= 11 is 0. The summed E-state index contributed by atoms with van der Waals surface area (Å²) in [6, 6.07) is 0.0408. The molecule has 0 aliphatic carbocycles. The van der Waals surface area contributed by atoms with Gasteiger partial charge in [-0.15, -0.1) is 24.8 Å². The van der Waals surface area contributed by atoms with Gasteiger partial charge in [0.15, 0.2) is 0 Å². The molecule has 2 unspecified atom stereocenters. The third kappa shape index (κ3) is 7.57. The zero-order chi connectivity index (χ0) is 15.2. The molecule has 5 nitrogen and oxygen atoms in total. The first-order chi connectivity index (χ1) is 10.1. The van der Waals surface area contributed by atoms with Gasteiger partial charge < -0.3 is 20.2 Å². The summed E-state index contributed by atoms with van der Waals surface area (Å²) in [7, 11) is 1.95. The molecule has 0 bridgehead atoms. The zero-order valence-corrected chi connectivity index (χ0v) is 16.0. The van der Waals surface area contributed by atoms with Gasteiger partial charge in [0.05, 0.1) is 12.1 Å². The van der Waals surface area contributed by atoms with Crippen molar-refractivity contribution in [3.8, 4) is 0 Å². The van der Waals surface area contributed by atoms with Crippen LogP contribution >= 0.6 is 24.8 Å². The predicted molar refractivity (Wildman–Crippen MR) is 98.6 cm³/mol. The number of nitrogens with one attached hydrogen (secondary N) is 1. The Bertz CT molecular complexity index is 331. The monoisotopic (exact) mass is 369 g/mol. The van der Waals surface area contributed by atoms with E-state index in [1.807, 2.05) is 18.9 Å². The van der Waals surface area contributed by atoms with Crippen LogP contribution in [0, 0.1) is 5.92 Å². The fourth-order valence-corrected chi connectivity index (χ4v) is 3.53. The molecule has 0 aromatic carbocycles. The van der Waals surface area contributed by atoms with Crippen molar-refractivity contribution in [3.63, 3.8) is 0 Å². The molecule has 0 radical (unpaired) electrons. The molecule has 2 atom stereocenters. The lowest BCUT2D eigenvalue weighted by molar-refractivity contribution is -0.133. The van der Waals surface area contributed by atoms with Crippen molar-refractivity contribution in [2.24, 2.45) is 5.92 Å². The molecule has 2 aliphatic heterocycles. The molecule has 2 fully saturated rings. The minimum atomic E-state index is -0.247. The lowest BCUT2D eigenvalue weighted by Crippen LogP contribution is -2.49. The molecule has 2 N–H and O–H groups in total. The molecule has 23 heavy (non-hydrogen) atoms. The molecule has 0 aromatic heterocycles. The highest BCUT2D eigenvalue weighted by atomic mass is 35.5. The van der Waals surface area contributed by atoms with Crippen LogP contribution in [0.4, 0.5) is 0 Å². The number of rotatable bonds is 5. The van der Waals surface area contributed by atoms with Gasteiger partial charge in [0, 0.05) is 20.1 Å². The lowest BCUT2D eigenvalue weighted by Gasteiger charge is -2.35. The number of aliphatic hydroxyl groups is 1. The molecule has 1 amide bonds. The average molecular weight is 370 g/mol. The normalized spacial score (nSPS) is 24.2. The van der Waals surface area contributed by atoms with Gasteiger partial charge in [0.2, 0.25) is 5.91 Å². The molecule has 138 valence electrons. The summed E-state index contributed by atoms with van der Waals surface area (Å²) in [5.74, 6) is 0.869. The van der Waals surface area contributed by atoms with E-state index in [9.17, 15) is 9.90 Å². The van der Waals surface area contributed by atoms with Gasteiger partial charge in [-0.05, 0) is 58.2 Å². The minimum absolute atomic E-state index is 0. The van der Waals surface area contributed by atoms with Gasteiger partial charge in [-0.25, -0.2) is 0 Å². The standard InChI is InChI=1S/C16H31N3O2.2ClH/c1-13(20)11-19-9-6-14(7-10-19)12-18(2)16(21)15-5-3-4-8-17-15;;/h13-15,17,20H,3-12H2,1-2H3;2*1H. The van der Waals surface area contributed by atoms with Crippen molar-refractivity contribution in [3.05, 3.63) is 0 Å². The highest BCUT2D eigenvalue weighted by Gasteiger charge is 2.27. The zero-order valence-electron chi connectivity index (χ0n) is 14.4. The van der Waals surface area contributed by atoms with Crippen molar-refractivity contribution in [1.29, 1.82) is 0 Å². The van der Waals surface area contributed by atoms with Crippen LogP contribution in [-0.4, -0.2) is 72.7 Å². The topological polar surface area (TPSA) is 55.8 Å². The second-order valence-corrected chi connectivity index (χ2v) is 6.81. The second-order valence-electron chi connectivity index (χ2n) is 6.81. The first kappa shape index (κ1) is 22.9. The van der Waals surface area contributed by atoms with Crippen LogP contribution in [-0.2, 0) is 4.79 Å². The van der Waals surface area contributed by atoms with Crippen LogP contribution < -0.4 is 5.32 Å². The van der Waals surface area contributed by atoms with E-state index >= 15 is 0 Å². The van der Waals surface area contributed by atoms with Crippen molar-refractivity contribution in [2.75, 3.05) is 39.8 Å². The molecule has 0 spiro atoms. The summed E-state index contributed by atoms with van der Waals surface area (Å²) < 4.78 is 0. The van der Waals surface area contributed by atoms with E-state index in [1.165, 1.54) is 6.42 Å². The van der Waals surface area contributed by atoms with Crippen LogP contribution in [0.3, 0.4) is 0 Å². The number of carbonyl (C=O) groups is 1. The summed E-state index contributed by atoms with van der Waals surface area (Å²) in [6.45, 7) is 6.54. The van der Waals surface area contributed by atoms with Gasteiger partial charge in [-0.3, -0.25) is 4.79 Å². The summed E-state index contributed by atoms with van der Waals surface area (Å²) in [5, 5.41) is 12.8. The Morgan fingerprint density at radius 2 is 1.91 bits per heavy atom. The number of hydrogen-bond donors (Lipinski definition) is 2. The minimum Gasteiger partial charge on any atom is -0.392 e. The number of aliphatic hydroxyl groups excluding tert-OH is 1. The number of likely N-dealkylation sites (N-methyl/N-ethyl adjacent to an activating group) is 1. The Balaban J connectivity index is 0.00000242. The van der Waals surface area contributed by atoms with Gasteiger partial charge in [-0.2, -0.15) is 0 Å². The second kappa shape index (κ2) is 11.5. The summed E-state index contributed by atoms with van der Waals surface area (Å²) in [6.07, 6.45) is 5.34. The average Bonchev–Trinajstić information content (AvgIpc) is 2.49. The third-order valence-electron chi connectivity index (χ3n) is 4.75. The Hall–Kier alpha value is -0.0700. The van der Waals surface area contributed by atoms with Crippen LogP contribution in [0.5, 0.6) is 0 Å². The Kier molecular flexibility index (Phi) is 11.4. The lowest BCUT2D eigenvalue weighted by atomic mass is 9.95. The number of likely N-dealkylation sites (tertiary alicyclic amines) is 1. The first-order valence-electron chi connectivity index (χ1n) is 8.45. The smallest absolute Gasteiger partial charge is 0.239 e. The number of nitrogens with zero attached hydrogens (tertiary/aromatic N) is 2. The molecule has 2 saturated heterocycles. The van der Waals surface area contributed by atoms with Crippen LogP contribution in [0.15, 0.2) is 0 Å². The van der Waals surface area contributed by atoms with E-state index in [2.05, 4.69) is 10.2 Å². The van der Waals surface area contributed by atoms with Crippen molar-refractivity contribution in [1.82, 2.24) is 15.1 Å². The summed E-state index contributed by atoms with van der Waals surface area (Å²) in [5.41, 5.74) is 0. The number of hydrogen-bond acceptors (Lipinski definition) is 4. The molecular formula is C16H33Cl2N3O2. The molecule has 2 heterocycles. The van der Waals surface area contributed by atoms with Crippen molar-refractivity contribution < 1.29 is 9.90 Å². The molecule has 0 saturated carbocycles. The van der Waals surface area contributed by atoms with Gasteiger partial charge in [0.1, 0.15) is 0 Å². The molecule has 2 aliphatic rings. The van der Waals surface area contributed by atoms with Crippen LogP contribution in [0.25, 0.3) is 0 Å². The largest absolute Gasteiger partial charge is 0.392 e. The number of β-amino-alcohol motifs (C(OH)–C–C–N with tert-alkyl or cyclic N) is 1. The van der Waals surface area contributed by atoms with E-state index in [0.717, 1.165) is 58.4 Å². The maximum atomic E-state index is 12.4. The fourth-order valence-electron chi connectivity index (χ4n) is 3.53. The maximum absolute atomic E-state index is 12.4. The van der Waals surface area contributed by atoms with Crippen LogP contribution in [0.1, 0.15) is 39.0 Å². The quantitative estimate of drug-likeness (QED) is 0.771. The molecule has 2 rings (SSSR count). The van der Waals surface area contributed by atoms with Crippen LogP contribution in [0.2, 0.25) is 0 Å². The summed E-state index contributed by atoms with van der Waals surface area (Å²) in [4.78, 5) is 16.7. The highest BCUT2D eigenvalue weighted by Crippen LogP contribution is 2.19. The number of piperidine rings is 2. The SMILES string of the molecule is CC(O)CN1CCC(CN(C)C(=O)C2CCCCN2)CC1.Cl.Cl. The third-order valence-corrected chi connectivity index (χ3v) is 4.75. The first-order valence-corrected chi connectivity index (χ1v) is 8.45. The Labute approximate surface area is 153 Å². The molecule has 7 heteroatoms. The predicted octanol–water partition coefficient (Wildman–Crippen LogP) is 1.52. The maximum Gasteiger partial charge on any atom is 0.239 e. The number of halogens is 2.